The summed E-state index contributed by atoms with van der Waals surface area (Å²) in [6.45, 7) is 5.06. The molecular weight excluding hydrogens is 218 g/mol. The summed E-state index contributed by atoms with van der Waals surface area (Å²) in [6.07, 6.45) is 2.14. The Bertz CT molecular complexity index is 335. The highest BCUT2D eigenvalue weighted by Gasteiger charge is 2.42. The van der Waals surface area contributed by atoms with Crippen molar-refractivity contribution < 1.29 is 9.59 Å². The second-order valence-electron chi connectivity index (χ2n) is 5.81. The molecule has 0 aliphatic carbocycles. The monoisotopic (exact) mass is 239 g/mol. The first-order valence-electron chi connectivity index (χ1n) is 6.24. The Labute approximate surface area is 102 Å². The van der Waals surface area contributed by atoms with Crippen LogP contribution in [0.15, 0.2) is 0 Å². The minimum absolute atomic E-state index is 0.00594. The van der Waals surface area contributed by atoms with Crippen molar-refractivity contribution in [3.8, 4) is 0 Å². The topological polar surface area (TPSA) is 75.4 Å². The number of rotatable bonds is 2. The molecule has 2 fully saturated rings. The Morgan fingerprint density at radius 3 is 2.94 bits per heavy atom. The molecule has 2 saturated heterocycles. The van der Waals surface area contributed by atoms with E-state index in [0.29, 0.717) is 13.0 Å². The van der Waals surface area contributed by atoms with Gasteiger partial charge < -0.3 is 16.0 Å². The van der Waals surface area contributed by atoms with Crippen LogP contribution in [0.2, 0.25) is 0 Å². The molecule has 0 aromatic carbocycles. The fourth-order valence-electron chi connectivity index (χ4n) is 2.75. The second-order valence-corrected chi connectivity index (χ2v) is 5.81. The van der Waals surface area contributed by atoms with Gasteiger partial charge in [-0.15, -0.1) is 0 Å². The number of nitrogens with one attached hydrogen (secondary N) is 1. The molecule has 2 rings (SSSR count). The molecule has 2 atom stereocenters. The average Bonchev–Trinajstić information content (AvgIpc) is 2.58. The summed E-state index contributed by atoms with van der Waals surface area (Å²) in [6, 6.07) is 0.0473. The zero-order valence-electron chi connectivity index (χ0n) is 10.5. The van der Waals surface area contributed by atoms with Crippen LogP contribution < -0.4 is 11.1 Å². The van der Waals surface area contributed by atoms with Gasteiger partial charge >= 0.3 is 0 Å². The number of amides is 2. The lowest BCUT2D eigenvalue weighted by Crippen LogP contribution is -2.51. The molecule has 2 aliphatic heterocycles. The first kappa shape index (κ1) is 12.4. The summed E-state index contributed by atoms with van der Waals surface area (Å²) in [5.41, 5.74) is 5.39. The lowest BCUT2D eigenvalue weighted by molar-refractivity contribution is -0.137. The van der Waals surface area contributed by atoms with Crippen LogP contribution in [0.1, 0.15) is 33.1 Å². The number of nitrogens with zero attached hydrogens (tertiary/aromatic N) is 1. The Kier molecular flexibility index (Phi) is 3.12. The molecule has 2 amide bonds. The van der Waals surface area contributed by atoms with E-state index in [1.54, 1.807) is 0 Å². The molecule has 0 radical (unpaired) electrons. The van der Waals surface area contributed by atoms with E-state index >= 15 is 0 Å². The van der Waals surface area contributed by atoms with Gasteiger partial charge in [-0.05, 0) is 26.7 Å². The van der Waals surface area contributed by atoms with E-state index in [0.717, 1.165) is 19.4 Å². The van der Waals surface area contributed by atoms with Crippen LogP contribution in [0.4, 0.5) is 0 Å². The van der Waals surface area contributed by atoms with E-state index in [-0.39, 0.29) is 23.8 Å². The second kappa shape index (κ2) is 4.29. The number of likely N-dealkylation sites (tertiary alicyclic amines) is 1. The van der Waals surface area contributed by atoms with Gasteiger partial charge in [-0.1, -0.05) is 0 Å². The van der Waals surface area contributed by atoms with E-state index in [9.17, 15) is 9.59 Å². The molecule has 2 unspecified atom stereocenters. The van der Waals surface area contributed by atoms with Crippen molar-refractivity contribution in [3.63, 3.8) is 0 Å². The van der Waals surface area contributed by atoms with Crippen LogP contribution in [0, 0.1) is 5.92 Å². The third-order valence-electron chi connectivity index (χ3n) is 3.53. The van der Waals surface area contributed by atoms with Crippen molar-refractivity contribution >= 4 is 11.8 Å². The molecule has 96 valence electrons. The molecule has 17 heavy (non-hydrogen) atoms. The molecule has 0 saturated carbocycles. The standard InChI is InChI=1S/C12H21N3O2/c1-12(2,13)6-10(16)15-5-3-4-8-9(15)7-14-11(8)17/h8-9H,3-7,13H2,1-2H3,(H,14,17). The maximum absolute atomic E-state index is 12.2. The lowest BCUT2D eigenvalue weighted by atomic mass is 9.90. The Hall–Kier alpha value is -1.10. The minimum atomic E-state index is -0.486. The van der Waals surface area contributed by atoms with Crippen molar-refractivity contribution in [2.45, 2.75) is 44.7 Å². The number of nitrogens with two attached hydrogens (primary N) is 1. The summed E-state index contributed by atoms with van der Waals surface area (Å²) >= 11 is 0. The van der Waals surface area contributed by atoms with Gasteiger partial charge in [0.05, 0.1) is 12.0 Å². The molecule has 5 nitrogen and oxygen atoms in total. The predicted molar refractivity (Wildman–Crippen MR) is 64.1 cm³/mol. The highest BCUT2D eigenvalue weighted by atomic mass is 16.2. The van der Waals surface area contributed by atoms with Gasteiger partial charge in [-0.3, -0.25) is 9.59 Å². The van der Waals surface area contributed by atoms with Crippen molar-refractivity contribution in [3.05, 3.63) is 0 Å². The van der Waals surface area contributed by atoms with Crippen molar-refractivity contribution in [2.24, 2.45) is 11.7 Å². The highest BCUT2D eigenvalue weighted by Crippen LogP contribution is 2.28. The quantitative estimate of drug-likeness (QED) is 0.703. The highest BCUT2D eigenvalue weighted by molar-refractivity contribution is 5.85. The Morgan fingerprint density at radius 2 is 2.29 bits per heavy atom. The maximum atomic E-state index is 12.2. The summed E-state index contributed by atoms with van der Waals surface area (Å²) in [5, 5.41) is 2.85. The van der Waals surface area contributed by atoms with Gasteiger partial charge in [0.15, 0.2) is 0 Å². The van der Waals surface area contributed by atoms with Crippen LogP contribution in [0.3, 0.4) is 0 Å². The van der Waals surface area contributed by atoms with Crippen LogP contribution >= 0.6 is 0 Å². The number of carbonyl (C=O) groups excluding carboxylic acids is 2. The van der Waals surface area contributed by atoms with Gasteiger partial charge in [0.25, 0.3) is 0 Å². The van der Waals surface area contributed by atoms with Crippen LogP contribution in [-0.4, -0.2) is 41.4 Å². The van der Waals surface area contributed by atoms with Gasteiger partial charge in [-0.2, -0.15) is 0 Å². The van der Waals surface area contributed by atoms with Crippen molar-refractivity contribution in [2.75, 3.05) is 13.1 Å². The fourth-order valence-corrected chi connectivity index (χ4v) is 2.75. The fraction of sp³-hybridized carbons (Fsp3) is 0.833. The first-order chi connectivity index (χ1) is 7.88. The third kappa shape index (κ3) is 2.60. The summed E-state index contributed by atoms with van der Waals surface area (Å²) in [4.78, 5) is 25.6. The predicted octanol–water partition coefficient (Wildman–Crippen LogP) is -0.149. The lowest BCUT2D eigenvalue weighted by Gasteiger charge is -2.37. The van der Waals surface area contributed by atoms with Crippen LogP contribution in [-0.2, 0) is 9.59 Å². The largest absolute Gasteiger partial charge is 0.354 e. The van der Waals surface area contributed by atoms with Crippen LogP contribution in [0.5, 0.6) is 0 Å². The van der Waals surface area contributed by atoms with Crippen molar-refractivity contribution in [1.82, 2.24) is 10.2 Å². The van der Waals surface area contributed by atoms with Gasteiger partial charge in [-0.25, -0.2) is 0 Å². The van der Waals surface area contributed by atoms with E-state index in [2.05, 4.69) is 5.32 Å². The molecule has 0 spiro atoms. The summed E-state index contributed by atoms with van der Waals surface area (Å²) in [7, 11) is 0. The number of piperidine rings is 1. The number of hydrogen-bond donors (Lipinski definition) is 2. The SMILES string of the molecule is CC(C)(N)CC(=O)N1CCCC2C(=O)NCC21. The van der Waals surface area contributed by atoms with Crippen LogP contribution in [0.25, 0.3) is 0 Å². The Morgan fingerprint density at radius 1 is 1.59 bits per heavy atom. The van der Waals surface area contributed by atoms with Crippen molar-refractivity contribution in [1.29, 1.82) is 0 Å². The van der Waals surface area contributed by atoms with E-state index < -0.39 is 5.54 Å². The third-order valence-corrected chi connectivity index (χ3v) is 3.53. The normalized spacial score (nSPS) is 28.9. The molecule has 3 N–H and O–H groups in total. The van der Waals surface area contributed by atoms with E-state index in [4.69, 9.17) is 5.73 Å². The van der Waals surface area contributed by atoms with E-state index in [1.807, 2.05) is 18.7 Å². The van der Waals surface area contributed by atoms with Gasteiger partial charge in [0.2, 0.25) is 11.8 Å². The van der Waals surface area contributed by atoms with E-state index in [1.165, 1.54) is 0 Å². The molecule has 5 heteroatoms. The number of fused-ring (bicyclic) bond motifs is 1. The Balaban J connectivity index is 2.05. The maximum Gasteiger partial charge on any atom is 0.225 e. The summed E-state index contributed by atoms with van der Waals surface area (Å²) in [5.74, 6) is 0.164. The molecule has 0 aromatic rings. The first-order valence-corrected chi connectivity index (χ1v) is 6.24. The number of carbonyl (C=O) groups is 2. The minimum Gasteiger partial charge on any atom is -0.354 e. The molecule has 0 bridgehead atoms. The molecular formula is C12H21N3O2. The zero-order chi connectivity index (χ0) is 12.6. The molecule has 0 aromatic heterocycles. The molecule has 2 aliphatic rings. The number of hydrogen-bond acceptors (Lipinski definition) is 3. The molecule has 2 heterocycles. The average molecular weight is 239 g/mol. The smallest absolute Gasteiger partial charge is 0.225 e. The zero-order valence-corrected chi connectivity index (χ0v) is 10.5. The summed E-state index contributed by atoms with van der Waals surface area (Å²) < 4.78 is 0. The van der Waals surface area contributed by atoms with Gasteiger partial charge in [0, 0.05) is 25.0 Å². The van der Waals surface area contributed by atoms with Gasteiger partial charge in [0.1, 0.15) is 0 Å².